The van der Waals surface area contributed by atoms with E-state index in [1.807, 2.05) is 13.8 Å². The molecule has 0 aromatic heterocycles. The van der Waals surface area contributed by atoms with Crippen molar-refractivity contribution in [3.8, 4) is 0 Å². The smallest absolute Gasteiger partial charge is 0.381 e. The highest BCUT2D eigenvalue weighted by Crippen LogP contribution is 2.34. The van der Waals surface area contributed by atoms with Crippen LogP contribution in [0.3, 0.4) is 0 Å². The van der Waals surface area contributed by atoms with Crippen molar-refractivity contribution in [3.63, 3.8) is 0 Å². The molecule has 1 aromatic rings. The number of carbonyl (C=O) groups is 2. The van der Waals surface area contributed by atoms with Gasteiger partial charge in [-0.05, 0) is 61.8 Å². The summed E-state index contributed by atoms with van der Waals surface area (Å²) in [6.45, 7) is 12.3. The van der Waals surface area contributed by atoms with E-state index in [0.717, 1.165) is 70.0 Å². The van der Waals surface area contributed by atoms with Gasteiger partial charge in [0.25, 0.3) is 0 Å². The maximum absolute atomic E-state index is 13.0. The standard InChI is InChI=1S/C21H27F3N2O2.C3H6N2O.C3H8.C2H6/c22-21(23,24)17-3-1-14-5-8-26(13-16(14)11-17)20(27)15-2-4-19(12-15)25-18-6-9-28-10-7-18;6-3-4-1-2-5-3;1-3-2;1-2/h1,3,11,15,18-19,25H,2,4-10,12-13H2;1-2H2,(H2,4,5,6);3H2,1-2H3;1-2H3. The van der Waals surface area contributed by atoms with Gasteiger partial charge in [0.1, 0.15) is 0 Å². The van der Waals surface area contributed by atoms with Crippen LogP contribution in [0.1, 0.15) is 82.9 Å². The summed E-state index contributed by atoms with van der Waals surface area (Å²) in [5, 5.41) is 8.81. The Kier molecular flexibility index (Phi) is 14.1. The zero-order valence-corrected chi connectivity index (χ0v) is 24.0. The van der Waals surface area contributed by atoms with Gasteiger partial charge >= 0.3 is 12.2 Å². The van der Waals surface area contributed by atoms with Crippen molar-refractivity contribution in [1.29, 1.82) is 0 Å². The number of halogens is 3. The molecule has 0 radical (unpaired) electrons. The van der Waals surface area contributed by atoms with E-state index in [4.69, 9.17) is 4.74 Å². The fourth-order valence-corrected chi connectivity index (χ4v) is 5.15. The molecule has 3 heterocycles. The van der Waals surface area contributed by atoms with Crippen LogP contribution in [0.25, 0.3) is 0 Å². The third-order valence-electron chi connectivity index (χ3n) is 7.03. The van der Waals surface area contributed by atoms with Crippen LogP contribution in [0, 0.1) is 5.92 Å². The van der Waals surface area contributed by atoms with Crippen LogP contribution >= 0.6 is 0 Å². The number of alkyl halides is 3. The summed E-state index contributed by atoms with van der Waals surface area (Å²) < 4.78 is 44.4. The fraction of sp³-hybridized carbons (Fsp3) is 0.724. The van der Waals surface area contributed by atoms with Crippen molar-refractivity contribution in [2.45, 2.75) is 97.4 Å². The van der Waals surface area contributed by atoms with Gasteiger partial charge in [-0.3, -0.25) is 4.79 Å². The van der Waals surface area contributed by atoms with Gasteiger partial charge in [-0.25, -0.2) is 4.79 Å². The summed E-state index contributed by atoms with van der Waals surface area (Å²) in [6.07, 6.45) is 2.20. The third kappa shape index (κ3) is 10.6. The summed E-state index contributed by atoms with van der Waals surface area (Å²) in [6, 6.07) is 4.68. The molecule has 5 rings (SSSR count). The van der Waals surface area contributed by atoms with Crippen molar-refractivity contribution in [1.82, 2.24) is 20.9 Å². The second-order valence-corrected chi connectivity index (χ2v) is 10.1. The van der Waals surface area contributed by atoms with Crippen LogP contribution in [-0.2, 0) is 28.7 Å². The largest absolute Gasteiger partial charge is 0.416 e. The van der Waals surface area contributed by atoms with Crippen LogP contribution < -0.4 is 16.0 Å². The molecule has 0 bridgehead atoms. The lowest BCUT2D eigenvalue weighted by atomic mass is 9.95. The van der Waals surface area contributed by atoms with Crippen molar-refractivity contribution >= 4 is 11.9 Å². The summed E-state index contributed by atoms with van der Waals surface area (Å²) >= 11 is 0. The molecular weight excluding hydrogens is 509 g/mol. The normalized spacial score (nSPS) is 22.5. The average molecular weight is 557 g/mol. The zero-order valence-electron chi connectivity index (χ0n) is 24.0. The fourth-order valence-electron chi connectivity index (χ4n) is 5.15. The molecule has 1 saturated carbocycles. The molecular formula is C29H47F3N4O3. The minimum Gasteiger partial charge on any atom is -0.381 e. The highest BCUT2D eigenvalue weighted by Gasteiger charge is 2.36. The van der Waals surface area contributed by atoms with Gasteiger partial charge in [0, 0.05) is 57.4 Å². The number of rotatable bonds is 3. The number of nitrogens with one attached hydrogen (secondary N) is 3. The molecule has 1 aliphatic carbocycles. The Labute approximate surface area is 231 Å². The summed E-state index contributed by atoms with van der Waals surface area (Å²) in [7, 11) is 0. The van der Waals surface area contributed by atoms with E-state index in [2.05, 4.69) is 29.8 Å². The summed E-state index contributed by atoms with van der Waals surface area (Å²) in [5.41, 5.74) is 0.911. The molecule has 4 aliphatic rings. The lowest BCUT2D eigenvalue weighted by Crippen LogP contribution is -2.42. The minimum atomic E-state index is -4.35. The Morgan fingerprint density at radius 3 is 2.23 bits per heavy atom. The first kappa shape index (κ1) is 32.9. The van der Waals surface area contributed by atoms with Crippen LogP contribution in [0.15, 0.2) is 18.2 Å². The predicted molar refractivity (Wildman–Crippen MR) is 147 cm³/mol. The second kappa shape index (κ2) is 16.7. The Morgan fingerprint density at radius 1 is 1.03 bits per heavy atom. The number of hydrogen-bond acceptors (Lipinski definition) is 4. The highest BCUT2D eigenvalue weighted by atomic mass is 19.4. The number of urea groups is 1. The van der Waals surface area contributed by atoms with Crippen molar-refractivity contribution in [2.24, 2.45) is 5.92 Å². The Hall–Kier alpha value is -2.33. The molecule has 3 fully saturated rings. The van der Waals surface area contributed by atoms with E-state index in [0.29, 0.717) is 30.6 Å². The topological polar surface area (TPSA) is 82.7 Å². The summed E-state index contributed by atoms with van der Waals surface area (Å²) in [4.78, 5) is 24.8. The predicted octanol–water partition coefficient (Wildman–Crippen LogP) is 5.27. The molecule has 0 spiro atoms. The van der Waals surface area contributed by atoms with E-state index in [-0.39, 0.29) is 24.4 Å². The van der Waals surface area contributed by atoms with Crippen LogP contribution in [0.5, 0.6) is 0 Å². The van der Waals surface area contributed by atoms with E-state index < -0.39 is 11.7 Å². The summed E-state index contributed by atoms with van der Waals surface area (Å²) in [5.74, 6) is 0.0732. The first-order valence-electron chi connectivity index (χ1n) is 14.5. The van der Waals surface area contributed by atoms with Gasteiger partial charge in [0.2, 0.25) is 5.91 Å². The number of carbonyl (C=O) groups excluding carboxylic acids is 2. The van der Waals surface area contributed by atoms with Crippen LogP contribution in [0.2, 0.25) is 0 Å². The third-order valence-corrected chi connectivity index (χ3v) is 7.03. The molecule has 7 nitrogen and oxygen atoms in total. The average Bonchev–Trinajstić information content (AvgIpc) is 3.61. The molecule has 222 valence electrons. The van der Waals surface area contributed by atoms with Gasteiger partial charge in [0.05, 0.1) is 5.56 Å². The molecule has 2 atom stereocenters. The maximum atomic E-state index is 13.0. The van der Waals surface area contributed by atoms with E-state index in [1.165, 1.54) is 12.5 Å². The molecule has 10 heteroatoms. The molecule has 3 N–H and O–H groups in total. The first-order valence-corrected chi connectivity index (χ1v) is 14.5. The Morgan fingerprint density at radius 2 is 1.67 bits per heavy atom. The zero-order chi connectivity index (χ0) is 28.8. The van der Waals surface area contributed by atoms with Crippen LogP contribution in [0.4, 0.5) is 18.0 Å². The van der Waals surface area contributed by atoms with Gasteiger partial charge in [0.15, 0.2) is 0 Å². The highest BCUT2D eigenvalue weighted by molar-refractivity contribution is 5.79. The van der Waals surface area contributed by atoms with E-state index in [9.17, 15) is 22.8 Å². The molecule has 1 aromatic carbocycles. The van der Waals surface area contributed by atoms with E-state index >= 15 is 0 Å². The quantitative estimate of drug-likeness (QED) is 0.474. The number of ether oxygens (including phenoxy) is 1. The second-order valence-electron chi connectivity index (χ2n) is 10.1. The monoisotopic (exact) mass is 556 g/mol. The van der Waals surface area contributed by atoms with Gasteiger partial charge in [-0.1, -0.05) is 40.2 Å². The van der Waals surface area contributed by atoms with Gasteiger partial charge in [-0.15, -0.1) is 0 Å². The molecule has 2 unspecified atom stereocenters. The van der Waals surface area contributed by atoms with Crippen molar-refractivity contribution < 1.29 is 27.5 Å². The number of amides is 3. The molecule has 3 aliphatic heterocycles. The molecule has 39 heavy (non-hydrogen) atoms. The first-order chi connectivity index (χ1) is 18.7. The number of benzene rings is 1. The van der Waals surface area contributed by atoms with E-state index in [1.54, 1.807) is 11.0 Å². The number of fused-ring (bicyclic) bond motifs is 1. The number of hydrogen-bond donors (Lipinski definition) is 3. The molecule has 3 amide bonds. The Balaban J connectivity index is 0.000000411. The van der Waals surface area contributed by atoms with Gasteiger partial charge < -0.3 is 25.6 Å². The Bertz CT molecular complexity index is 883. The SMILES string of the molecule is CC.CCC.O=C(C1CCC(NC2CCOCC2)C1)N1CCc2ccc(C(F)(F)F)cc2C1.O=C1NCCN1. The minimum absolute atomic E-state index is 0.0234. The van der Waals surface area contributed by atoms with Gasteiger partial charge in [-0.2, -0.15) is 13.2 Å². The van der Waals surface area contributed by atoms with Crippen LogP contribution in [-0.4, -0.2) is 61.8 Å². The lowest BCUT2D eigenvalue weighted by molar-refractivity contribution is -0.137. The number of nitrogens with zero attached hydrogens (tertiary/aromatic N) is 1. The van der Waals surface area contributed by atoms with Crippen molar-refractivity contribution in [3.05, 3.63) is 34.9 Å². The molecule has 2 saturated heterocycles. The maximum Gasteiger partial charge on any atom is 0.416 e. The lowest BCUT2D eigenvalue weighted by Gasteiger charge is -2.31. The van der Waals surface area contributed by atoms with Crippen molar-refractivity contribution in [2.75, 3.05) is 32.8 Å².